The molecule has 2 aliphatic heterocycles. The fraction of sp³-hybridized carbons (Fsp3) is 0.280. The fourth-order valence-corrected chi connectivity index (χ4v) is 4.75. The smallest absolute Gasteiger partial charge is 0.262 e. The van der Waals surface area contributed by atoms with Crippen LogP contribution >= 0.6 is 0 Å². The van der Waals surface area contributed by atoms with Crippen molar-refractivity contribution >= 4 is 45.7 Å². The van der Waals surface area contributed by atoms with Crippen LogP contribution in [0, 0.1) is 6.92 Å². The summed E-state index contributed by atoms with van der Waals surface area (Å²) >= 11 is 0. The number of hydrogen-bond acceptors (Lipinski definition) is 9. The molecule has 0 radical (unpaired) electrons. The number of amides is 2. The maximum Gasteiger partial charge on any atom is 0.262 e. The first kappa shape index (κ1) is 22.9. The lowest BCUT2D eigenvalue weighted by Gasteiger charge is -2.15. The van der Waals surface area contributed by atoms with E-state index in [0.717, 1.165) is 23.1 Å². The number of rotatable bonds is 3. The van der Waals surface area contributed by atoms with E-state index >= 15 is 0 Å². The molecule has 1 atom stereocenters. The lowest BCUT2D eigenvalue weighted by atomic mass is 9.98. The number of nitrogens with one attached hydrogen (secondary N) is 2. The molecular formula is C25H25N9O3. The van der Waals surface area contributed by atoms with E-state index in [4.69, 9.17) is 5.73 Å². The predicted molar refractivity (Wildman–Crippen MR) is 137 cm³/mol. The molecule has 2 amide bonds. The van der Waals surface area contributed by atoms with Crippen LogP contribution < -0.4 is 16.4 Å². The van der Waals surface area contributed by atoms with Crippen molar-refractivity contribution in [3.63, 3.8) is 0 Å². The van der Waals surface area contributed by atoms with Gasteiger partial charge in [0.2, 0.25) is 5.91 Å². The molecule has 0 bridgehead atoms. The SMILES string of the molecule is Cc1c(-c2cc3cc(Nc4cc5n(n4)CC(=O)N(C)CC5)ncc3c(N)n2)cnc2c1NC(=O)[C@@]2(C)O. The number of fused-ring (bicyclic) bond motifs is 3. The van der Waals surface area contributed by atoms with Crippen molar-refractivity contribution < 1.29 is 14.7 Å². The fourth-order valence-electron chi connectivity index (χ4n) is 4.75. The number of aliphatic hydroxyl groups is 1. The van der Waals surface area contributed by atoms with Gasteiger partial charge in [-0.25, -0.2) is 9.97 Å². The number of pyridine rings is 3. The molecule has 12 nitrogen and oxygen atoms in total. The Kier molecular flexibility index (Phi) is 4.92. The van der Waals surface area contributed by atoms with Gasteiger partial charge >= 0.3 is 0 Å². The minimum absolute atomic E-state index is 0.0206. The van der Waals surface area contributed by atoms with Crippen LogP contribution in [0.5, 0.6) is 0 Å². The summed E-state index contributed by atoms with van der Waals surface area (Å²) in [6.45, 7) is 4.10. The zero-order valence-electron chi connectivity index (χ0n) is 20.5. The number of anilines is 4. The van der Waals surface area contributed by atoms with Crippen molar-refractivity contribution in [2.75, 3.05) is 30.0 Å². The molecule has 12 heteroatoms. The van der Waals surface area contributed by atoms with Crippen molar-refractivity contribution in [2.45, 2.75) is 32.4 Å². The molecule has 0 fully saturated rings. The number of likely N-dealkylation sites (N-methyl/N-ethyl adjacent to an activating group) is 1. The number of carbonyl (C=O) groups excluding carboxylic acids is 2. The third-order valence-corrected chi connectivity index (χ3v) is 7.03. The minimum Gasteiger partial charge on any atom is -0.383 e. The topological polar surface area (TPSA) is 164 Å². The monoisotopic (exact) mass is 499 g/mol. The van der Waals surface area contributed by atoms with Crippen molar-refractivity contribution in [1.29, 1.82) is 0 Å². The van der Waals surface area contributed by atoms with Crippen LogP contribution in [0.1, 0.15) is 23.9 Å². The average Bonchev–Trinajstić information content (AvgIpc) is 3.29. The van der Waals surface area contributed by atoms with Gasteiger partial charge in [0.05, 0.1) is 11.4 Å². The van der Waals surface area contributed by atoms with Crippen LogP contribution in [-0.2, 0) is 28.2 Å². The Morgan fingerprint density at radius 2 is 1.97 bits per heavy atom. The quantitative estimate of drug-likeness (QED) is 0.328. The lowest BCUT2D eigenvalue weighted by Crippen LogP contribution is -2.30. The van der Waals surface area contributed by atoms with E-state index in [9.17, 15) is 14.7 Å². The van der Waals surface area contributed by atoms with E-state index in [1.807, 2.05) is 25.1 Å². The van der Waals surface area contributed by atoms with Gasteiger partial charge in [0.15, 0.2) is 11.4 Å². The highest BCUT2D eigenvalue weighted by Gasteiger charge is 2.43. The van der Waals surface area contributed by atoms with Crippen LogP contribution in [0.4, 0.5) is 23.1 Å². The summed E-state index contributed by atoms with van der Waals surface area (Å²) in [4.78, 5) is 39.5. The summed E-state index contributed by atoms with van der Waals surface area (Å²) in [5.41, 5.74) is 8.33. The van der Waals surface area contributed by atoms with Gasteiger partial charge in [0.25, 0.3) is 5.91 Å². The number of carbonyl (C=O) groups is 2. The van der Waals surface area contributed by atoms with Crippen LogP contribution in [0.25, 0.3) is 22.0 Å². The maximum absolute atomic E-state index is 12.2. The normalized spacial score (nSPS) is 19.0. The van der Waals surface area contributed by atoms with E-state index in [1.54, 1.807) is 29.0 Å². The molecule has 0 unspecified atom stereocenters. The van der Waals surface area contributed by atoms with Crippen LogP contribution in [0.2, 0.25) is 0 Å². The molecule has 2 aliphatic rings. The third kappa shape index (κ3) is 3.64. The Morgan fingerprint density at radius 1 is 1.16 bits per heavy atom. The van der Waals surface area contributed by atoms with E-state index in [0.29, 0.717) is 46.3 Å². The minimum atomic E-state index is -1.69. The molecule has 0 aliphatic carbocycles. The molecule has 4 aromatic rings. The standard InChI is InChI=1S/C25H25N9O3/c1-12-15(9-28-22-21(12)31-24(36)25(22,2)37)17-6-13-7-18(27-10-16(13)23(26)29-17)30-19-8-14-4-5-33(3)20(35)11-34(14)32-19/h6-10,37H,4-5,11H2,1-3H3,(H2,26,29)(H,31,36)(H,27,30,32)/t25-/m0/s1. The van der Waals surface area contributed by atoms with Gasteiger partial charge in [-0.3, -0.25) is 19.3 Å². The Bertz CT molecular complexity index is 1630. The highest BCUT2D eigenvalue weighted by Crippen LogP contribution is 2.40. The third-order valence-electron chi connectivity index (χ3n) is 7.03. The van der Waals surface area contributed by atoms with E-state index in [2.05, 4.69) is 30.7 Å². The highest BCUT2D eigenvalue weighted by atomic mass is 16.3. The zero-order valence-corrected chi connectivity index (χ0v) is 20.5. The molecule has 5 N–H and O–H groups in total. The Labute approximate surface area is 211 Å². The summed E-state index contributed by atoms with van der Waals surface area (Å²) in [5, 5.41) is 22.4. The average molecular weight is 500 g/mol. The van der Waals surface area contributed by atoms with Crippen molar-refractivity contribution in [3.05, 3.63) is 47.5 Å². The number of aromatic nitrogens is 5. The molecule has 6 heterocycles. The number of hydrogen-bond donors (Lipinski definition) is 4. The van der Waals surface area contributed by atoms with Gasteiger partial charge < -0.3 is 26.4 Å². The second-order valence-corrected chi connectivity index (χ2v) is 9.60. The summed E-state index contributed by atoms with van der Waals surface area (Å²) in [5.74, 6) is 0.970. The largest absolute Gasteiger partial charge is 0.383 e. The molecule has 0 spiro atoms. The second kappa shape index (κ2) is 7.96. The molecular weight excluding hydrogens is 474 g/mol. The summed E-state index contributed by atoms with van der Waals surface area (Å²) in [6, 6.07) is 5.65. The molecule has 0 saturated heterocycles. The molecule has 0 aromatic carbocycles. The summed E-state index contributed by atoms with van der Waals surface area (Å²) < 4.78 is 1.72. The molecule has 188 valence electrons. The number of nitrogens with two attached hydrogens (primary N) is 1. The van der Waals surface area contributed by atoms with Gasteiger partial charge in [-0.1, -0.05) is 0 Å². The van der Waals surface area contributed by atoms with Crippen molar-refractivity contribution in [2.24, 2.45) is 0 Å². The van der Waals surface area contributed by atoms with Crippen molar-refractivity contribution in [1.82, 2.24) is 29.6 Å². The summed E-state index contributed by atoms with van der Waals surface area (Å²) in [6.07, 6.45) is 3.96. The van der Waals surface area contributed by atoms with E-state index in [1.165, 1.54) is 6.92 Å². The first-order valence-electron chi connectivity index (χ1n) is 11.8. The van der Waals surface area contributed by atoms with E-state index < -0.39 is 11.5 Å². The zero-order chi connectivity index (χ0) is 26.1. The van der Waals surface area contributed by atoms with Gasteiger partial charge in [-0.15, -0.1) is 0 Å². The van der Waals surface area contributed by atoms with Crippen LogP contribution in [0.15, 0.2) is 30.6 Å². The van der Waals surface area contributed by atoms with Crippen molar-refractivity contribution in [3.8, 4) is 11.3 Å². The van der Waals surface area contributed by atoms with Crippen LogP contribution in [0.3, 0.4) is 0 Å². The van der Waals surface area contributed by atoms with Crippen LogP contribution in [-0.4, -0.2) is 60.1 Å². The molecule has 6 rings (SSSR count). The van der Waals surface area contributed by atoms with Gasteiger partial charge in [0.1, 0.15) is 23.9 Å². The van der Waals surface area contributed by atoms with E-state index in [-0.39, 0.29) is 18.1 Å². The first-order valence-corrected chi connectivity index (χ1v) is 11.8. The maximum atomic E-state index is 12.2. The predicted octanol–water partition coefficient (Wildman–Crippen LogP) is 1.70. The molecule has 37 heavy (non-hydrogen) atoms. The highest BCUT2D eigenvalue weighted by molar-refractivity contribution is 6.05. The first-order chi connectivity index (χ1) is 17.6. The second-order valence-electron chi connectivity index (χ2n) is 9.60. The Morgan fingerprint density at radius 3 is 2.78 bits per heavy atom. The number of nitrogen functional groups attached to an aromatic ring is 1. The van der Waals surface area contributed by atoms with Gasteiger partial charge in [-0.05, 0) is 36.9 Å². The summed E-state index contributed by atoms with van der Waals surface area (Å²) in [7, 11) is 1.79. The Balaban J connectivity index is 1.35. The molecule has 4 aromatic heterocycles. The van der Waals surface area contributed by atoms with Gasteiger partial charge in [0, 0.05) is 55.1 Å². The Hall–Kier alpha value is -4.58. The number of nitrogens with zero attached hydrogens (tertiary/aromatic N) is 6. The molecule has 0 saturated carbocycles. The lowest BCUT2D eigenvalue weighted by molar-refractivity contribution is -0.132. The van der Waals surface area contributed by atoms with Gasteiger partial charge in [-0.2, -0.15) is 5.10 Å².